The van der Waals surface area contributed by atoms with Crippen LogP contribution in [0.15, 0.2) is 105 Å². The van der Waals surface area contributed by atoms with Crippen molar-refractivity contribution in [1.29, 1.82) is 0 Å². The van der Waals surface area contributed by atoms with E-state index in [2.05, 4.69) is 4.99 Å². The van der Waals surface area contributed by atoms with E-state index in [1.165, 1.54) is 22.8 Å². The Morgan fingerprint density at radius 2 is 1.41 bits per heavy atom. The fourth-order valence-corrected chi connectivity index (χ4v) is 5.02. The topological polar surface area (TPSA) is 64.6 Å². The molecule has 0 bridgehead atoms. The maximum absolute atomic E-state index is 13.3. The highest BCUT2D eigenvalue weighted by molar-refractivity contribution is 7.22. The molecule has 0 radical (unpaired) electrons. The molecule has 0 unspecified atom stereocenters. The number of carbonyl (C=O) groups is 1. The number of rotatable bonds is 3. The van der Waals surface area contributed by atoms with Crippen molar-refractivity contribution >= 4 is 33.1 Å². The lowest BCUT2D eigenvalue weighted by atomic mass is 10.0. The highest BCUT2D eigenvalue weighted by Crippen LogP contribution is 2.43. The normalized spacial score (nSPS) is 11.7. The van der Waals surface area contributed by atoms with E-state index in [-0.39, 0.29) is 11.6 Å². The third-order valence-electron chi connectivity index (χ3n) is 5.07. The van der Waals surface area contributed by atoms with Crippen LogP contribution in [0.3, 0.4) is 0 Å². The van der Waals surface area contributed by atoms with E-state index in [0.717, 1.165) is 21.6 Å². The molecule has 156 valence electrons. The predicted octanol–water partition coefficient (Wildman–Crippen LogP) is 5.88. The second-order valence-corrected chi connectivity index (χ2v) is 8.19. The molecule has 2 aromatic heterocycles. The largest absolute Gasteiger partial charge is 0.388 e. The average Bonchev–Trinajstić information content (AvgIpc) is 3.21. The minimum atomic E-state index is -0.524. The summed E-state index contributed by atoms with van der Waals surface area (Å²) in [6, 6.07) is 28.6. The van der Waals surface area contributed by atoms with E-state index in [0.29, 0.717) is 15.9 Å². The molecule has 3 aromatic carbocycles. The average molecular weight is 439 g/mol. The van der Waals surface area contributed by atoms with Crippen molar-refractivity contribution in [3.63, 3.8) is 0 Å². The minimum absolute atomic E-state index is 0.0401. The zero-order valence-electron chi connectivity index (χ0n) is 17.2. The van der Waals surface area contributed by atoms with E-state index in [9.17, 15) is 9.59 Å². The van der Waals surface area contributed by atoms with E-state index in [4.69, 9.17) is 4.42 Å². The Morgan fingerprint density at radius 3 is 2.00 bits per heavy atom. The fourth-order valence-electron chi connectivity index (χ4n) is 3.67. The first kappa shape index (κ1) is 19.9. The van der Waals surface area contributed by atoms with E-state index < -0.39 is 5.63 Å². The van der Waals surface area contributed by atoms with E-state index in [1.807, 2.05) is 78.9 Å². The third-order valence-corrected chi connectivity index (χ3v) is 6.29. The molecule has 0 saturated carbocycles. The van der Waals surface area contributed by atoms with E-state index >= 15 is 0 Å². The second-order valence-electron chi connectivity index (χ2n) is 7.19. The molecule has 0 fully saturated rings. The van der Waals surface area contributed by atoms with Gasteiger partial charge in [0, 0.05) is 17.4 Å². The molecular formula is C26H18N2O3S. The van der Waals surface area contributed by atoms with Crippen molar-refractivity contribution < 1.29 is 9.21 Å². The molecular weight excluding hydrogens is 420 g/mol. The van der Waals surface area contributed by atoms with Crippen LogP contribution in [-0.2, 0) is 0 Å². The highest BCUT2D eigenvalue weighted by atomic mass is 32.1. The molecule has 0 aliphatic carbocycles. The number of carbonyl (C=O) groups excluding carboxylic acids is 1. The molecule has 0 aliphatic rings. The smallest absolute Gasteiger partial charge is 0.349 e. The van der Waals surface area contributed by atoms with Crippen molar-refractivity contribution in [1.82, 2.24) is 4.57 Å². The van der Waals surface area contributed by atoms with Gasteiger partial charge in [0.25, 0.3) is 0 Å². The summed E-state index contributed by atoms with van der Waals surface area (Å²) < 4.78 is 7.01. The van der Waals surface area contributed by atoms with Gasteiger partial charge in [-0.2, -0.15) is 4.99 Å². The van der Waals surface area contributed by atoms with Gasteiger partial charge in [0.1, 0.15) is 10.2 Å². The molecule has 0 N–H and O–H groups in total. The van der Waals surface area contributed by atoms with Crippen LogP contribution in [0.2, 0.25) is 0 Å². The molecule has 32 heavy (non-hydrogen) atoms. The zero-order chi connectivity index (χ0) is 22.1. The summed E-state index contributed by atoms with van der Waals surface area (Å²) in [5, 5.41) is 0.377. The number of fused-ring (bicyclic) bond motifs is 1. The van der Waals surface area contributed by atoms with Gasteiger partial charge in [-0.15, -0.1) is 11.3 Å². The van der Waals surface area contributed by atoms with Crippen molar-refractivity contribution in [2.24, 2.45) is 4.99 Å². The molecule has 0 saturated heterocycles. The Bertz CT molecular complexity index is 1550. The maximum atomic E-state index is 13.3. The first-order chi connectivity index (χ1) is 15.6. The third kappa shape index (κ3) is 3.50. The standard InChI is InChI=1S/C26H18N2O3S/c1-17(29)28-24-22(25(30)31-26(28)27-20-15-9-4-10-16-20)21(18-11-5-2-6-12-18)23(32-24)19-13-7-3-8-14-19/h2-16H,1H3. The first-order valence-corrected chi connectivity index (χ1v) is 10.9. The van der Waals surface area contributed by atoms with Crippen LogP contribution in [0, 0.1) is 0 Å². The zero-order valence-corrected chi connectivity index (χ0v) is 18.0. The lowest BCUT2D eigenvalue weighted by molar-refractivity contribution is 0.0926. The van der Waals surface area contributed by atoms with Gasteiger partial charge in [-0.3, -0.25) is 4.79 Å². The van der Waals surface area contributed by atoms with Gasteiger partial charge < -0.3 is 4.42 Å². The molecule has 2 heterocycles. The summed E-state index contributed by atoms with van der Waals surface area (Å²) >= 11 is 1.39. The van der Waals surface area contributed by atoms with Crippen molar-refractivity contribution in [2.75, 3.05) is 0 Å². The molecule has 5 aromatic rings. The predicted molar refractivity (Wildman–Crippen MR) is 127 cm³/mol. The lowest BCUT2D eigenvalue weighted by Gasteiger charge is -2.05. The van der Waals surface area contributed by atoms with Crippen molar-refractivity contribution in [3.05, 3.63) is 107 Å². The number of benzene rings is 3. The summed E-state index contributed by atoms with van der Waals surface area (Å²) in [4.78, 5) is 31.8. The molecule has 0 atom stereocenters. The summed E-state index contributed by atoms with van der Waals surface area (Å²) in [6.45, 7) is 1.44. The van der Waals surface area contributed by atoms with Crippen LogP contribution in [0.5, 0.6) is 0 Å². The molecule has 0 spiro atoms. The van der Waals surface area contributed by atoms with Crippen LogP contribution >= 0.6 is 11.3 Å². The Hall–Kier alpha value is -4.03. The molecule has 0 aliphatic heterocycles. The number of aromatic nitrogens is 1. The SMILES string of the molecule is CC(=O)n1c(=Nc2ccccc2)oc(=O)c2c(-c3ccccc3)c(-c3ccccc3)sc21. The van der Waals surface area contributed by atoms with Crippen LogP contribution < -0.4 is 11.3 Å². The van der Waals surface area contributed by atoms with Gasteiger partial charge in [-0.25, -0.2) is 9.36 Å². The van der Waals surface area contributed by atoms with E-state index in [1.54, 1.807) is 12.1 Å². The van der Waals surface area contributed by atoms with Gasteiger partial charge in [0.15, 0.2) is 0 Å². The first-order valence-electron chi connectivity index (χ1n) is 10.1. The van der Waals surface area contributed by atoms with Crippen LogP contribution in [0.25, 0.3) is 31.8 Å². The van der Waals surface area contributed by atoms with Gasteiger partial charge >= 0.3 is 11.3 Å². The molecule has 5 rings (SSSR count). The number of nitrogens with zero attached hydrogens (tertiary/aromatic N) is 2. The Kier molecular flexibility index (Phi) is 5.13. The van der Waals surface area contributed by atoms with Gasteiger partial charge in [0.2, 0.25) is 5.91 Å². The minimum Gasteiger partial charge on any atom is -0.388 e. The molecule has 6 heteroatoms. The van der Waals surface area contributed by atoms with Gasteiger partial charge in [0.05, 0.1) is 5.69 Å². The van der Waals surface area contributed by atoms with Crippen molar-refractivity contribution in [2.45, 2.75) is 6.92 Å². The summed E-state index contributed by atoms with van der Waals surface area (Å²) in [7, 11) is 0. The Labute approximate surface area is 187 Å². The maximum Gasteiger partial charge on any atom is 0.349 e. The molecule has 0 amide bonds. The fraction of sp³-hybridized carbons (Fsp3) is 0.0385. The van der Waals surface area contributed by atoms with Crippen molar-refractivity contribution in [3.8, 4) is 21.6 Å². The summed E-state index contributed by atoms with van der Waals surface area (Å²) in [5.74, 6) is -0.283. The Balaban J connectivity index is 1.93. The van der Waals surface area contributed by atoms with Crippen LogP contribution in [0.4, 0.5) is 5.69 Å². The number of hydrogen-bond donors (Lipinski definition) is 0. The monoisotopic (exact) mass is 438 g/mol. The summed E-state index contributed by atoms with van der Waals surface area (Å²) in [6.07, 6.45) is 0. The van der Waals surface area contributed by atoms with Crippen LogP contribution in [0.1, 0.15) is 11.7 Å². The number of para-hydroxylation sites is 1. The lowest BCUT2D eigenvalue weighted by Crippen LogP contribution is -2.29. The summed E-state index contributed by atoms with van der Waals surface area (Å²) in [5.41, 5.74) is 2.63. The number of hydrogen-bond acceptors (Lipinski definition) is 5. The number of thiophene rings is 1. The van der Waals surface area contributed by atoms with Gasteiger partial charge in [-0.1, -0.05) is 78.9 Å². The van der Waals surface area contributed by atoms with Gasteiger partial charge in [-0.05, 0) is 23.3 Å². The Morgan fingerprint density at radius 1 is 0.844 bits per heavy atom. The highest BCUT2D eigenvalue weighted by Gasteiger charge is 2.23. The second kappa shape index (κ2) is 8.24. The molecule has 5 nitrogen and oxygen atoms in total. The van der Waals surface area contributed by atoms with Crippen LogP contribution in [-0.4, -0.2) is 10.5 Å². The quantitative estimate of drug-likeness (QED) is 0.353.